The first-order valence-electron chi connectivity index (χ1n) is 7.29. The topological polar surface area (TPSA) is 166 Å². The Bertz CT molecular complexity index is 777. The Balaban J connectivity index is 1.98. The molecule has 5 N–H and O–H groups in total. The molecule has 0 amide bonds. The van der Waals surface area contributed by atoms with E-state index >= 15 is 0 Å². The summed E-state index contributed by atoms with van der Waals surface area (Å²) in [7, 11) is -10.8. The molecule has 0 spiro atoms. The molecule has 0 aliphatic carbocycles. The van der Waals surface area contributed by atoms with E-state index in [1.165, 1.54) is 0 Å². The molecule has 138 valence electrons. The molecule has 0 fully saturated rings. The largest absolute Gasteiger partial charge is 0.369 e. The van der Waals surface area contributed by atoms with Crippen LogP contribution in [0.1, 0.15) is 24.1 Å². The van der Waals surface area contributed by atoms with E-state index < -0.39 is 26.7 Å². The lowest BCUT2D eigenvalue weighted by Gasteiger charge is -2.29. The fourth-order valence-electron chi connectivity index (χ4n) is 2.27. The SMILES string of the molecule is O=P(O)(O)C(O)(CCCc1cn(Cc2ccccc2)nn1)P(=O)(O)O. The highest BCUT2D eigenvalue weighted by Gasteiger charge is 2.58. The molecule has 0 saturated carbocycles. The van der Waals surface area contributed by atoms with Gasteiger partial charge in [-0.2, -0.15) is 0 Å². The molecule has 0 saturated heterocycles. The summed E-state index contributed by atoms with van der Waals surface area (Å²) in [6, 6.07) is 9.50. The van der Waals surface area contributed by atoms with Gasteiger partial charge in [-0.25, -0.2) is 4.68 Å². The first kappa shape index (κ1) is 19.9. The average Bonchev–Trinajstić information content (AvgIpc) is 2.93. The molecule has 25 heavy (non-hydrogen) atoms. The fourth-order valence-corrected chi connectivity index (χ4v) is 4.52. The van der Waals surface area contributed by atoms with E-state index in [1.54, 1.807) is 10.9 Å². The van der Waals surface area contributed by atoms with Crippen molar-refractivity contribution in [1.29, 1.82) is 0 Å². The molecule has 2 aromatic rings. The van der Waals surface area contributed by atoms with Gasteiger partial charge in [0.1, 0.15) is 0 Å². The first-order chi connectivity index (χ1) is 11.5. The minimum Gasteiger partial charge on any atom is -0.368 e. The van der Waals surface area contributed by atoms with Crippen LogP contribution in [-0.2, 0) is 22.1 Å². The minimum absolute atomic E-state index is 0.0866. The van der Waals surface area contributed by atoms with Gasteiger partial charge >= 0.3 is 15.2 Å². The third-order valence-corrected chi connectivity index (χ3v) is 7.53. The Morgan fingerprint density at radius 3 is 2.20 bits per heavy atom. The predicted octanol–water partition coefficient (Wildman–Crippen LogP) is 0.651. The summed E-state index contributed by atoms with van der Waals surface area (Å²) in [6.07, 6.45) is 0.919. The van der Waals surface area contributed by atoms with Crippen LogP contribution in [0.4, 0.5) is 0 Å². The third-order valence-electron chi connectivity index (χ3n) is 3.65. The van der Waals surface area contributed by atoms with E-state index in [4.69, 9.17) is 19.6 Å². The second-order valence-corrected chi connectivity index (χ2v) is 9.62. The van der Waals surface area contributed by atoms with Gasteiger partial charge in [0.2, 0.25) is 0 Å². The number of rotatable bonds is 8. The molecular formula is C13H19N3O7P2. The van der Waals surface area contributed by atoms with Crippen molar-refractivity contribution in [2.75, 3.05) is 0 Å². The Morgan fingerprint density at radius 2 is 1.64 bits per heavy atom. The van der Waals surface area contributed by atoms with Crippen molar-refractivity contribution in [3.63, 3.8) is 0 Å². The van der Waals surface area contributed by atoms with E-state index in [2.05, 4.69) is 10.3 Å². The van der Waals surface area contributed by atoms with E-state index in [9.17, 15) is 14.2 Å². The van der Waals surface area contributed by atoms with E-state index in [0.29, 0.717) is 12.2 Å². The number of nitrogens with zero attached hydrogens (tertiary/aromatic N) is 3. The molecule has 1 heterocycles. The molecule has 0 aliphatic rings. The average molecular weight is 391 g/mol. The van der Waals surface area contributed by atoms with Crippen molar-refractivity contribution >= 4 is 15.2 Å². The number of hydrogen-bond donors (Lipinski definition) is 5. The monoisotopic (exact) mass is 391 g/mol. The smallest absolute Gasteiger partial charge is 0.368 e. The van der Waals surface area contributed by atoms with Crippen LogP contribution in [0.3, 0.4) is 0 Å². The molecule has 10 nitrogen and oxygen atoms in total. The number of aromatic nitrogens is 3. The minimum atomic E-state index is -5.42. The summed E-state index contributed by atoms with van der Waals surface area (Å²) in [5.41, 5.74) is 1.49. The van der Waals surface area contributed by atoms with Gasteiger partial charge in [0.15, 0.2) is 0 Å². The highest BCUT2D eigenvalue weighted by atomic mass is 31.2. The zero-order chi connectivity index (χ0) is 18.7. The van der Waals surface area contributed by atoms with Gasteiger partial charge in [-0.1, -0.05) is 35.5 Å². The molecule has 0 radical (unpaired) electrons. The maximum Gasteiger partial charge on any atom is 0.369 e. The van der Waals surface area contributed by atoms with Gasteiger partial charge in [-0.15, -0.1) is 5.10 Å². The van der Waals surface area contributed by atoms with Gasteiger partial charge in [0.25, 0.3) is 5.08 Å². The Labute approximate surface area is 143 Å². The third kappa shape index (κ3) is 4.83. The van der Waals surface area contributed by atoms with E-state index in [1.807, 2.05) is 30.3 Å². The molecular weight excluding hydrogens is 372 g/mol. The lowest BCUT2D eigenvalue weighted by atomic mass is 10.2. The van der Waals surface area contributed by atoms with Gasteiger partial charge in [0.05, 0.1) is 12.2 Å². The molecule has 0 bridgehead atoms. The van der Waals surface area contributed by atoms with Gasteiger partial charge < -0.3 is 24.7 Å². The maximum atomic E-state index is 11.3. The molecule has 0 unspecified atom stereocenters. The van der Waals surface area contributed by atoms with Crippen LogP contribution in [0, 0.1) is 0 Å². The standard InChI is InChI=1S/C13H19N3O7P2/c17-13(24(18,19)20,25(21,22)23)8-4-7-12-10-16(15-14-12)9-11-5-2-1-3-6-11/h1-3,5-6,10,17H,4,7-9H2,(H2,18,19,20)(H2,21,22,23). The molecule has 0 atom stereocenters. The highest BCUT2D eigenvalue weighted by Crippen LogP contribution is 2.69. The van der Waals surface area contributed by atoms with Crippen molar-refractivity contribution in [2.24, 2.45) is 0 Å². The van der Waals surface area contributed by atoms with Crippen molar-refractivity contribution in [1.82, 2.24) is 15.0 Å². The first-order valence-corrected chi connectivity index (χ1v) is 10.5. The summed E-state index contributed by atoms with van der Waals surface area (Å²) in [5, 5.41) is 14.2. The van der Waals surface area contributed by atoms with E-state index in [-0.39, 0.29) is 12.8 Å². The van der Waals surface area contributed by atoms with Crippen molar-refractivity contribution in [3.05, 3.63) is 47.8 Å². The van der Waals surface area contributed by atoms with Crippen LogP contribution in [0.5, 0.6) is 0 Å². The number of aliphatic hydroxyl groups is 1. The van der Waals surface area contributed by atoms with Crippen LogP contribution >= 0.6 is 15.2 Å². The van der Waals surface area contributed by atoms with Crippen molar-refractivity contribution in [3.8, 4) is 0 Å². The van der Waals surface area contributed by atoms with Crippen molar-refractivity contribution < 1.29 is 33.8 Å². The quantitative estimate of drug-likeness (QED) is 0.406. The zero-order valence-corrected chi connectivity index (χ0v) is 14.9. The number of aryl methyl sites for hydroxylation is 1. The number of hydrogen-bond acceptors (Lipinski definition) is 5. The maximum absolute atomic E-state index is 11.3. The van der Waals surface area contributed by atoms with Gasteiger partial charge in [-0.05, 0) is 18.4 Å². The molecule has 2 rings (SSSR count). The van der Waals surface area contributed by atoms with Crippen LogP contribution in [0.25, 0.3) is 0 Å². The molecule has 1 aromatic carbocycles. The normalized spacial score (nSPS) is 13.2. The Morgan fingerprint density at radius 1 is 1.04 bits per heavy atom. The van der Waals surface area contributed by atoms with Crippen LogP contribution in [0.2, 0.25) is 0 Å². The summed E-state index contributed by atoms with van der Waals surface area (Å²) in [6.45, 7) is 0.489. The fraction of sp³-hybridized carbons (Fsp3) is 0.385. The zero-order valence-electron chi connectivity index (χ0n) is 13.1. The molecule has 12 heteroatoms. The van der Waals surface area contributed by atoms with Crippen LogP contribution in [-0.4, -0.2) is 44.8 Å². The van der Waals surface area contributed by atoms with Crippen LogP contribution in [0.15, 0.2) is 36.5 Å². The number of benzene rings is 1. The Hall–Kier alpha value is -1.38. The van der Waals surface area contributed by atoms with E-state index in [0.717, 1.165) is 5.56 Å². The molecule has 0 aliphatic heterocycles. The highest BCUT2D eigenvalue weighted by molar-refractivity contribution is 7.72. The molecule has 1 aromatic heterocycles. The lowest BCUT2D eigenvalue weighted by Crippen LogP contribution is -2.28. The second-order valence-electron chi connectivity index (χ2n) is 5.61. The van der Waals surface area contributed by atoms with Crippen molar-refractivity contribution in [2.45, 2.75) is 30.9 Å². The van der Waals surface area contributed by atoms with Gasteiger partial charge in [-0.3, -0.25) is 9.13 Å². The van der Waals surface area contributed by atoms with Crippen LogP contribution < -0.4 is 0 Å². The summed E-state index contributed by atoms with van der Waals surface area (Å²) in [4.78, 5) is 36.3. The Kier molecular flexibility index (Phi) is 5.96. The predicted molar refractivity (Wildman–Crippen MR) is 87.5 cm³/mol. The lowest BCUT2D eigenvalue weighted by molar-refractivity contribution is 0.121. The summed E-state index contributed by atoms with van der Waals surface area (Å²) in [5.74, 6) is 0. The summed E-state index contributed by atoms with van der Waals surface area (Å²) >= 11 is 0. The van der Waals surface area contributed by atoms with Gasteiger partial charge in [0, 0.05) is 12.6 Å². The summed E-state index contributed by atoms with van der Waals surface area (Å²) < 4.78 is 24.1. The second kappa shape index (κ2) is 7.47.